The molecule has 2 aromatic rings. The molecule has 4 nitrogen and oxygen atoms in total. The minimum absolute atomic E-state index is 0.157. The summed E-state index contributed by atoms with van der Waals surface area (Å²) >= 11 is 7.30. The Hall–Kier alpha value is -2.05. The number of rotatable bonds is 7. The van der Waals surface area contributed by atoms with Gasteiger partial charge in [0.25, 0.3) is 0 Å². The van der Waals surface area contributed by atoms with Crippen LogP contribution in [0.5, 0.6) is 0 Å². The van der Waals surface area contributed by atoms with Crippen LogP contribution in [0.1, 0.15) is 23.7 Å². The molecule has 0 aliphatic carbocycles. The molecule has 0 aromatic heterocycles. The fraction of sp³-hybridized carbons (Fsp3) is 0.222. The second kappa shape index (κ2) is 9.44. The van der Waals surface area contributed by atoms with Gasteiger partial charge >= 0.3 is 5.97 Å². The van der Waals surface area contributed by atoms with E-state index in [1.54, 1.807) is 18.2 Å². The molecular formula is C18H17ClFNO3S. The first-order valence-corrected chi connectivity index (χ1v) is 9.01. The van der Waals surface area contributed by atoms with Crippen molar-refractivity contribution < 1.29 is 18.7 Å². The molecular weight excluding hydrogens is 365 g/mol. The van der Waals surface area contributed by atoms with Crippen LogP contribution in [-0.4, -0.2) is 24.2 Å². The van der Waals surface area contributed by atoms with E-state index in [1.165, 1.54) is 36.0 Å². The predicted molar refractivity (Wildman–Crippen MR) is 97.8 cm³/mol. The molecule has 0 spiro atoms. The van der Waals surface area contributed by atoms with Gasteiger partial charge < -0.3 is 10.1 Å². The Morgan fingerprint density at radius 3 is 2.60 bits per heavy atom. The summed E-state index contributed by atoms with van der Waals surface area (Å²) in [4.78, 5) is 24.8. The molecule has 0 atom stereocenters. The number of thioether (sulfide) groups is 1. The van der Waals surface area contributed by atoms with Gasteiger partial charge in [0, 0.05) is 10.6 Å². The van der Waals surface area contributed by atoms with Crippen molar-refractivity contribution in [3.63, 3.8) is 0 Å². The van der Waals surface area contributed by atoms with Crippen LogP contribution in [0, 0.1) is 5.82 Å². The highest BCUT2D eigenvalue weighted by molar-refractivity contribution is 8.00. The zero-order chi connectivity index (χ0) is 18.2. The lowest BCUT2D eigenvalue weighted by atomic mass is 10.2. The van der Waals surface area contributed by atoms with Crippen molar-refractivity contribution in [3.05, 3.63) is 58.9 Å². The first-order valence-electron chi connectivity index (χ1n) is 7.64. The van der Waals surface area contributed by atoms with Crippen LogP contribution in [-0.2, 0) is 9.53 Å². The number of benzene rings is 2. The van der Waals surface area contributed by atoms with Gasteiger partial charge in [-0.2, -0.15) is 0 Å². The van der Waals surface area contributed by atoms with E-state index in [1.807, 2.05) is 6.92 Å². The standard InChI is InChI=1S/C18H17ClFNO3S/c1-2-9-24-18(23)15-10-13(5-8-16(15)19)21-17(22)11-25-14-6-3-12(20)4-7-14/h3-8,10H,2,9,11H2,1H3,(H,21,22). The van der Waals surface area contributed by atoms with E-state index in [2.05, 4.69) is 5.32 Å². The minimum Gasteiger partial charge on any atom is -0.462 e. The highest BCUT2D eigenvalue weighted by Gasteiger charge is 2.13. The molecule has 0 saturated heterocycles. The van der Waals surface area contributed by atoms with Crippen LogP contribution < -0.4 is 5.32 Å². The molecule has 0 heterocycles. The zero-order valence-corrected chi connectivity index (χ0v) is 15.1. The quantitative estimate of drug-likeness (QED) is 0.554. The molecule has 2 rings (SSSR count). The third-order valence-corrected chi connectivity index (χ3v) is 4.43. The summed E-state index contributed by atoms with van der Waals surface area (Å²) in [6.45, 7) is 2.20. The summed E-state index contributed by atoms with van der Waals surface area (Å²) in [6.07, 6.45) is 0.709. The first kappa shape index (κ1) is 19.3. The maximum atomic E-state index is 12.8. The molecule has 0 aliphatic heterocycles. The number of halogens is 2. The maximum absolute atomic E-state index is 12.8. The van der Waals surface area contributed by atoms with Crippen molar-refractivity contribution in [2.45, 2.75) is 18.2 Å². The van der Waals surface area contributed by atoms with Gasteiger partial charge in [-0.3, -0.25) is 4.79 Å². The molecule has 1 N–H and O–H groups in total. The summed E-state index contributed by atoms with van der Waals surface area (Å²) in [5.74, 6) is -0.935. The number of hydrogen-bond acceptors (Lipinski definition) is 4. The number of nitrogens with one attached hydrogen (secondary N) is 1. The van der Waals surface area contributed by atoms with Gasteiger partial charge in [0.2, 0.25) is 5.91 Å². The van der Waals surface area contributed by atoms with Crippen molar-refractivity contribution in [2.24, 2.45) is 0 Å². The minimum atomic E-state index is -0.524. The SMILES string of the molecule is CCCOC(=O)c1cc(NC(=O)CSc2ccc(F)cc2)ccc1Cl. The molecule has 0 bridgehead atoms. The second-order valence-electron chi connectivity index (χ2n) is 5.12. The van der Waals surface area contributed by atoms with Gasteiger partial charge in [0.15, 0.2) is 0 Å². The maximum Gasteiger partial charge on any atom is 0.339 e. The monoisotopic (exact) mass is 381 g/mol. The molecule has 1 amide bonds. The highest BCUT2D eigenvalue weighted by atomic mass is 35.5. The van der Waals surface area contributed by atoms with E-state index in [-0.39, 0.29) is 28.1 Å². The van der Waals surface area contributed by atoms with E-state index < -0.39 is 5.97 Å². The lowest BCUT2D eigenvalue weighted by Gasteiger charge is -2.09. The normalized spacial score (nSPS) is 10.4. The topological polar surface area (TPSA) is 55.4 Å². The molecule has 132 valence electrons. The first-order chi connectivity index (χ1) is 12.0. The molecule has 0 saturated carbocycles. The molecule has 0 aliphatic rings. The second-order valence-corrected chi connectivity index (χ2v) is 6.58. The van der Waals surface area contributed by atoms with Gasteiger partial charge in [0.05, 0.1) is 22.9 Å². The molecule has 25 heavy (non-hydrogen) atoms. The Labute approximate surface area is 154 Å². The number of anilines is 1. The van der Waals surface area contributed by atoms with Gasteiger partial charge in [0.1, 0.15) is 5.82 Å². The van der Waals surface area contributed by atoms with E-state index >= 15 is 0 Å². The number of carbonyl (C=O) groups excluding carboxylic acids is 2. The Morgan fingerprint density at radius 2 is 1.92 bits per heavy atom. The van der Waals surface area contributed by atoms with Crippen molar-refractivity contribution in [1.29, 1.82) is 0 Å². The van der Waals surface area contributed by atoms with Gasteiger partial charge in [-0.1, -0.05) is 18.5 Å². The summed E-state index contributed by atoms with van der Waals surface area (Å²) in [5.41, 5.74) is 0.664. The lowest BCUT2D eigenvalue weighted by molar-refractivity contribution is -0.113. The van der Waals surface area contributed by atoms with Crippen molar-refractivity contribution in [1.82, 2.24) is 0 Å². The Morgan fingerprint density at radius 1 is 1.20 bits per heavy atom. The van der Waals surface area contributed by atoms with Crippen molar-refractivity contribution in [3.8, 4) is 0 Å². The average Bonchev–Trinajstić information content (AvgIpc) is 2.61. The van der Waals surface area contributed by atoms with Gasteiger partial charge in [-0.25, -0.2) is 9.18 Å². The number of hydrogen-bond donors (Lipinski definition) is 1. The van der Waals surface area contributed by atoms with Crippen LogP contribution in [0.25, 0.3) is 0 Å². The fourth-order valence-corrected chi connectivity index (χ4v) is 2.80. The van der Waals surface area contributed by atoms with E-state index in [0.29, 0.717) is 18.7 Å². The van der Waals surface area contributed by atoms with E-state index in [0.717, 1.165) is 4.90 Å². The zero-order valence-electron chi connectivity index (χ0n) is 13.6. The fourth-order valence-electron chi connectivity index (χ4n) is 1.91. The predicted octanol–water partition coefficient (Wildman–Crippen LogP) is 4.78. The van der Waals surface area contributed by atoms with Crippen LogP contribution in [0.2, 0.25) is 5.02 Å². The van der Waals surface area contributed by atoms with Crippen molar-refractivity contribution >= 4 is 40.9 Å². The molecule has 7 heteroatoms. The number of amides is 1. The summed E-state index contributed by atoms with van der Waals surface area (Å²) in [7, 11) is 0. The number of esters is 1. The van der Waals surface area contributed by atoms with E-state index in [9.17, 15) is 14.0 Å². The van der Waals surface area contributed by atoms with Gasteiger partial charge in [-0.15, -0.1) is 11.8 Å². The largest absolute Gasteiger partial charge is 0.462 e. The van der Waals surface area contributed by atoms with E-state index in [4.69, 9.17) is 16.3 Å². The summed E-state index contributed by atoms with van der Waals surface area (Å²) < 4.78 is 17.9. The Bertz CT molecular complexity index is 752. The highest BCUT2D eigenvalue weighted by Crippen LogP contribution is 2.23. The van der Waals surface area contributed by atoms with Gasteiger partial charge in [-0.05, 0) is 48.9 Å². The number of carbonyl (C=O) groups is 2. The van der Waals surface area contributed by atoms with Crippen LogP contribution in [0.4, 0.5) is 10.1 Å². The molecule has 2 aromatic carbocycles. The third kappa shape index (κ3) is 6.07. The van der Waals surface area contributed by atoms with Crippen LogP contribution >= 0.6 is 23.4 Å². The molecule has 0 radical (unpaired) electrons. The summed E-state index contributed by atoms with van der Waals surface area (Å²) in [6, 6.07) is 10.5. The lowest BCUT2D eigenvalue weighted by Crippen LogP contribution is -2.15. The van der Waals surface area contributed by atoms with Crippen molar-refractivity contribution in [2.75, 3.05) is 17.7 Å². The Kier molecular flexibility index (Phi) is 7.28. The molecule has 0 unspecified atom stereocenters. The van der Waals surface area contributed by atoms with Crippen LogP contribution in [0.15, 0.2) is 47.4 Å². The smallest absolute Gasteiger partial charge is 0.339 e. The Balaban J connectivity index is 1.95. The van der Waals surface area contributed by atoms with Crippen LogP contribution in [0.3, 0.4) is 0 Å². The molecule has 0 fully saturated rings. The number of ether oxygens (including phenoxy) is 1. The average molecular weight is 382 g/mol. The third-order valence-electron chi connectivity index (χ3n) is 3.09. The summed E-state index contributed by atoms with van der Waals surface area (Å²) in [5, 5.41) is 2.97.